The second kappa shape index (κ2) is 20.1. The number of hydrogen-bond donors (Lipinski definition) is 0. The third kappa shape index (κ3) is 11.5. The molecule has 0 aliphatic heterocycles. The molecule has 373 valence electrons. The molecule has 9 rings (SSSR count). The van der Waals surface area contributed by atoms with Crippen molar-refractivity contribution in [1.82, 2.24) is 14.8 Å². The summed E-state index contributed by atoms with van der Waals surface area (Å²) >= 11 is 0. The molecule has 1 aromatic heterocycles. The molecule has 73 heavy (non-hydrogen) atoms. The van der Waals surface area contributed by atoms with Crippen molar-refractivity contribution in [3.63, 3.8) is 0 Å². The second-order valence-electron chi connectivity index (χ2n) is 24.3. The summed E-state index contributed by atoms with van der Waals surface area (Å²) in [6.07, 6.45) is 0. The number of hydrogen-bond acceptors (Lipinski definition) is 2. The summed E-state index contributed by atoms with van der Waals surface area (Å²) in [4.78, 5) is 5.09. The van der Waals surface area contributed by atoms with E-state index in [-0.39, 0.29) is 41.8 Å². The van der Waals surface area contributed by atoms with Crippen LogP contribution in [-0.2, 0) is 41.8 Å². The van der Waals surface area contributed by atoms with Gasteiger partial charge in [0.2, 0.25) is 0 Å². The van der Waals surface area contributed by atoms with E-state index in [0.717, 1.165) is 44.9 Å². The molecule has 0 amide bonds. The Morgan fingerprint density at radius 3 is 0.945 bits per heavy atom. The van der Waals surface area contributed by atoms with Crippen LogP contribution in [0.5, 0.6) is 0 Å². The van der Waals surface area contributed by atoms with E-state index in [0.29, 0.717) is 5.82 Å². The van der Waals surface area contributed by atoms with Gasteiger partial charge in [-0.2, -0.15) is 5.10 Å². The Labute approximate surface area is 450 Å². The standard InChI is InChI=1S/C69H72N3.Ir/c1-44-35-53(59-42-56(49-23-31-62(32-24-49)68(10,11)12)39-57(43-59)50-25-33-63(34-26-50)69(13,14)15)36-45(2)64(44)72-65(70-46(3)71-72)52-18-16-17-51(37-52)58-40-54(47-19-27-60(28-20-47)66(4,5)6)38-55(41-58)48-21-29-61(30-22-48)67(7,8)9;/h16-17,19-43H,1-15H3;/q-1;. The van der Waals surface area contributed by atoms with Crippen molar-refractivity contribution in [2.75, 3.05) is 0 Å². The van der Waals surface area contributed by atoms with Crippen LogP contribution in [0.2, 0.25) is 0 Å². The molecule has 0 bridgehead atoms. The minimum absolute atomic E-state index is 0. The van der Waals surface area contributed by atoms with Gasteiger partial charge in [-0.1, -0.05) is 180 Å². The molecule has 9 aromatic rings. The molecule has 8 aromatic carbocycles. The fourth-order valence-electron chi connectivity index (χ4n) is 9.88. The van der Waals surface area contributed by atoms with Gasteiger partial charge in [-0.15, -0.1) is 35.4 Å². The predicted octanol–water partition coefficient (Wildman–Crippen LogP) is 18.8. The first-order chi connectivity index (χ1) is 33.9. The van der Waals surface area contributed by atoms with Crippen LogP contribution in [0.4, 0.5) is 0 Å². The van der Waals surface area contributed by atoms with E-state index in [9.17, 15) is 0 Å². The summed E-state index contributed by atoms with van der Waals surface area (Å²) in [5.74, 6) is 1.47. The van der Waals surface area contributed by atoms with E-state index < -0.39 is 0 Å². The summed E-state index contributed by atoms with van der Waals surface area (Å²) in [6.45, 7) is 33.6. The Morgan fingerprint density at radius 2 is 0.630 bits per heavy atom. The first-order valence-electron chi connectivity index (χ1n) is 25.7. The van der Waals surface area contributed by atoms with E-state index in [1.54, 1.807) is 0 Å². The molecule has 1 radical (unpaired) electrons. The molecular formula is C69H72IrN3-. The third-order valence-corrected chi connectivity index (χ3v) is 14.3. The molecular weight excluding hydrogens is 1060 g/mol. The first-order valence-corrected chi connectivity index (χ1v) is 25.7. The van der Waals surface area contributed by atoms with Gasteiger partial charge in [-0.3, -0.25) is 9.67 Å². The summed E-state index contributed by atoms with van der Waals surface area (Å²) in [5, 5.41) is 5.08. The largest absolute Gasteiger partial charge is 0.262 e. The SMILES string of the molecule is Cc1nc(-c2[c-]ccc(-c3cc(-c4ccc(C(C)(C)C)cc4)cc(-c4ccc(C(C)(C)C)cc4)c3)c2)n(-c2c(C)cc(-c3cc(-c4ccc(C(C)(C)C)cc4)cc(-c4ccc(C(C)(C)C)cc4)c3)cc2C)n1.[Ir]. The topological polar surface area (TPSA) is 30.7 Å². The van der Waals surface area contributed by atoms with Crippen LogP contribution in [0.25, 0.3) is 83.8 Å². The summed E-state index contributed by atoms with van der Waals surface area (Å²) in [5.41, 5.74) is 23.9. The molecule has 0 N–H and O–H groups in total. The Kier molecular flexibility index (Phi) is 14.6. The van der Waals surface area contributed by atoms with Crippen LogP contribution in [-0.4, -0.2) is 14.8 Å². The molecule has 0 atom stereocenters. The quantitative estimate of drug-likeness (QED) is 0.142. The fourth-order valence-corrected chi connectivity index (χ4v) is 9.88. The molecule has 4 heteroatoms. The van der Waals surface area contributed by atoms with Gasteiger partial charge in [0.05, 0.1) is 11.5 Å². The molecule has 0 saturated carbocycles. The van der Waals surface area contributed by atoms with Gasteiger partial charge in [0.25, 0.3) is 0 Å². The number of benzene rings is 8. The summed E-state index contributed by atoms with van der Waals surface area (Å²) in [7, 11) is 0. The van der Waals surface area contributed by atoms with Crippen molar-refractivity contribution < 1.29 is 20.1 Å². The van der Waals surface area contributed by atoms with Crippen molar-refractivity contribution in [2.45, 2.75) is 126 Å². The zero-order valence-corrected chi connectivity index (χ0v) is 48.2. The van der Waals surface area contributed by atoms with Crippen molar-refractivity contribution in [3.8, 4) is 83.8 Å². The molecule has 0 unspecified atom stereocenters. The van der Waals surface area contributed by atoms with Gasteiger partial charge < -0.3 is 0 Å². The zero-order chi connectivity index (χ0) is 51.5. The Hall–Kier alpha value is -6.45. The second-order valence-corrected chi connectivity index (χ2v) is 24.3. The number of aromatic nitrogens is 3. The molecule has 0 fully saturated rings. The summed E-state index contributed by atoms with van der Waals surface area (Å²) < 4.78 is 2.03. The van der Waals surface area contributed by atoms with E-state index >= 15 is 0 Å². The predicted molar refractivity (Wildman–Crippen MR) is 307 cm³/mol. The molecule has 3 nitrogen and oxygen atoms in total. The normalized spacial score (nSPS) is 12.2. The van der Waals surface area contributed by atoms with Crippen LogP contribution < -0.4 is 0 Å². The minimum atomic E-state index is 0. The monoisotopic (exact) mass is 1140 g/mol. The number of rotatable bonds is 8. The Balaban J connectivity index is 0.00000711. The molecule has 0 aliphatic carbocycles. The van der Waals surface area contributed by atoms with E-state index in [1.807, 2.05) is 17.7 Å². The number of aryl methyl sites for hydroxylation is 3. The number of nitrogens with zero attached hydrogens (tertiary/aromatic N) is 3. The van der Waals surface area contributed by atoms with Gasteiger partial charge in [0.1, 0.15) is 5.82 Å². The van der Waals surface area contributed by atoms with Crippen LogP contribution >= 0.6 is 0 Å². The van der Waals surface area contributed by atoms with E-state index in [2.05, 4.69) is 261 Å². The van der Waals surface area contributed by atoms with Crippen molar-refractivity contribution >= 4 is 0 Å². The van der Waals surface area contributed by atoms with Crippen molar-refractivity contribution in [1.29, 1.82) is 0 Å². The average Bonchev–Trinajstić information content (AvgIpc) is 3.73. The van der Waals surface area contributed by atoms with Crippen LogP contribution in [0.15, 0.2) is 164 Å². The van der Waals surface area contributed by atoms with Crippen LogP contribution in [0.3, 0.4) is 0 Å². The average molecular weight is 1140 g/mol. The smallest absolute Gasteiger partial charge is 0.137 e. The first kappa shape index (κ1) is 52.9. The van der Waals surface area contributed by atoms with Gasteiger partial charge in [0.15, 0.2) is 0 Å². The Bertz CT molecular complexity index is 3240. The third-order valence-electron chi connectivity index (χ3n) is 14.3. The van der Waals surface area contributed by atoms with Gasteiger partial charge in [-0.05, 0) is 186 Å². The van der Waals surface area contributed by atoms with Crippen molar-refractivity contribution in [2.24, 2.45) is 0 Å². The Morgan fingerprint density at radius 1 is 0.342 bits per heavy atom. The molecule has 0 spiro atoms. The van der Waals surface area contributed by atoms with E-state index in [1.165, 1.54) is 72.3 Å². The van der Waals surface area contributed by atoms with E-state index in [4.69, 9.17) is 10.1 Å². The fraction of sp³-hybridized carbons (Fsp3) is 0.275. The van der Waals surface area contributed by atoms with Crippen LogP contribution in [0, 0.1) is 26.8 Å². The van der Waals surface area contributed by atoms with Crippen molar-refractivity contribution in [3.05, 3.63) is 209 Å². The maximum Gasteiger partial charge on any atom is 0.137 e. The maximum atomic E-state index is 5.09. The van der Waals surface area contributed by atoms with Gasteiger partial charge in [-0.25, -0.2) is 0 Å². The van der Waals surface area contributed by atoms with Gasteiger partial charge >= 0.3 is 0 Å². The summed E-state index contributed by atoms with van der Waals surface area (Å²) in [6, 6.07) is 65.0. The minimum Gasteiger partial charge on any atom is -0.262 e. The molecule has 0 aliphatic rings. The van der Waals surface area contributed by atoms with Gasteiger partial charge in [0, 0.05) is 20.1 Å². The van der Waals surface area contributed by atoms with Crippen LogP contribution in [0.1, 0.15) is 122 Å². The zero-order valence-electron chi connectivity index (χ0n) is 45.8. The maximum absolute atomic E-state index is 5.09. The molecule has 0 saturated heterocycles. The molecule has 1 heterocycles.